The fraction of sp³-hybridized carbons (Fsp3) is 0.207. The van der Waals surface area contributed by atoms with E-state index in [0.717, 1.165) is 37.4 Å². The number of amides is 1. The number of carbonyl (C=O) groups excluding carboxylic acids is 1. The normalized spacial score (nSPS) is 14.1. The average molecular weight is 595 g/mol. The minimum absolute atomic E-state index is 0.0989. The lowest BCUT2D eigenvalue weighted by atomic mass is 10.1. The number of hydrogen-bond acceptors (Lipinski definition) is 7. The third kappa shape index (κ3) is 5.74. The Bertz CT molecular complexity index is 1700. The molecule has 1 amide bonds. The predicted molar refractivity (Wildman–Crippen MR) is 157 cm³/mol. The summed E-state index contributed by atoms with van der Waals surface area (Å²) in [6, 6.07) is 15.8. The van der Waals surface area contributed by atoms with Gasteiger partial charge in [0.25, 0.3) is 5.91 Å². The number of aromatic nitrogens is 3. The zero-order valence-electron chi connectivity index (χ0n) is 21.9. The Kier molecular flexibility index (Phi) is 7.57. The van der Waals surface area contributed by atoms with Gasteiger partial charge in [-0.25, -0.2) is 9.97 Å². The van der Waals surface area contributed by atoms with Crippen molar-refractivity contribution >= 4 is 45.2 Å². The molecule has 12 heteroatoms. The monoisotopic (exact) mass is 594 g/mol. The van der Waals surface area contributed by atoms with Crippen LogP contribution in [0.5, 0.6) is 5.75 Å². The second kappa shape index (κ2) is 11.4. The molecule has 3 aromatic heterocycles. The molecule has 0 radical (unpaired) electrons. The summed E-state index contributed by atoms with van der Waals surface area (Å²) < 4.78 is 33.1. The number of halogens is 3. The van der Waals surface area contributed by atoms with Gasteiger partial charge in [-0.05, 0) is 61.6 Å². The van der Waals surface area contributed by atoms with Crippen LogP contribution in [-0.2, 0) is 0 Å². The summed E-state index contributed by atoms with van der Waals surface area (Å²) in [5, 5.41) is 4.20. The molecule has 1 aliphatic rings. The molecule has 6 rings (SSSR count). The van der Waals surface area contributed by atoms with Crippen LogP contribution in [0.2, 0.25) is 5.02 Å². The summed E-state index contributed by atoms with van der Waals surface area (Å²) >= 11 is 7.50. The van der Waals surface area contributed by atoms with E-state index in [1.165, 1.54) is 29.5 Å². The van der Waals surface area contributed by atoms with Crippen molar-refractivity contribution in [2.24, 2.45) is 0 Å². The van der Waals surface area contributed by atoms with Crippen molar-refractivity contribution in [2.75, 3.05) is 43.4 Å². The van der Waals surface area contributed by atoms with E-state index in [9.17, 15) is 13.6 Å². The second-order valence-electron chi connectivity index (χ2n) is 9.59. The zero-order chi connectivity index (χ0) is 28.5. The number of piperazine rings is 1. The Hall–Kier alpha value is -4.06. The molecule has 0 bridgehead atoms. The van der Waals surface area contributed by atoms with Crippen LogP contribution in [0.1, 0.15) is 10.4 Å². The molecule has 4 heterocycles. The topological polar surface area (TPSA) is 75.0 Å². The first-order chi connectivity index (χ1) is 19.9. The largest absolute Gasteiger partial charge is 0.434 e. The lowest BCUT2D eigenvalue weighted by Gasteiger charge is -2.34. The summed E-state index contributed by atoms with van der Waals surface area (Å²) in [5.41, 5.74) is 3.30. The van der Waals surface area contributed by atoms with Gasteiger partial charge in [0, 0.05) is 66.6 Å². The highest BCUT2D eigenvalue weighted by atomic mass is 35.5. The van der Waals surface area contributed by atoms with Crippen molar-refractivity contribution in [3.05, 3.63) is 83.8 Å². The Morgan fingerprint density at radius 2 is 1.85 bits per heavy atom. The van der Waals surface area contributed by atoms with E-state index >= 15 is 0 Å². The van der Waals surface area contributed by atoms with Crippen LogP contribution in [-0.4, -0.2) is 65.0 Å². The van der Waals surface area contributed by atoms with Crippen molar-refractivity contribution in [1.29, 1.82) is 0 Å². The van der Waals surface area contributed by atoms with Crippen LogP contribution in [0.4, 0.5) is 19.5 Å². The molecule has 1 saturated heterocycles. The highest BCUT2D eigenvalue weighted by molar-refractivity contribution is 7.19. The van der Waals surface area contributed by atoms with E-state index < -0.39 is 12.5 Å². The maximum atomic E-state index is 13.4. The fourth-order valence-corrected chi connectivity index (χ4v) is 5.92. The number of anilines is 2. The molecule has 0 unspecified atom stereocenters. The van der Waals surface area contributed by atoms with Gasteiger partial charge >= 0.3 is 6.61 Å². The van der Waals surface area contributed by atoms with E-state index in [2.05, 4.69) is 27.1 Å². The number of carbonyl (C=O) groups is 1. The van der Waals surface area contributed by atoms with Gasteiger partial charge in [0.15, 0.2) is 0 Å². The SMILES string of the molecule is CN1CCN(c2ccc(-c3nc(-c4cc(Cl)ccc4OC(F)F)c(NC(=O)c4ccn5cccnc45)s3)cc2)CC1. The van der Waals surface area contributed by atoms with Gasteiger partial charge in [0.1, 0.15) is 27.1 Å². The molecule has 0 atom stereocenters. The molecule has 1 fully saturated rings. The Morgan fingerprint density at radius 3 is 2.61 bits per heavy atom. The zero-order valence-corrected chi connectivity index (χ0v) is 23.5. The number of alkyl halides is 2. The summed E-state index contributed by atoms with van der Waals surface area (Å²) in [5.74, 6) is -0.510. The van der Waals surface area contributed by atoms with Crippen molar-refractivity contribution < 1.29 is 18.3 Å². The summed E-state index contributed by atoms with van der Waals surface area (Å²) in [7, 11) is 2.12. The average Bonchev–Trinajstić information content (AvgIpc) is 3.59. The molecule has 5 aromatic rings. The third-order valence-corrected chi connectivity index (χ3v) is 8.17. The molecule has 0 aliphatic carbocycles. The van der Waals surface area contributed by atoms with Gasteiger partial charge in [0.2, 0.25) is 0 Å². The molecule has 8 nitrogen and oxygen atoms in total. The van der Waals surface area contributed by atoms with Crippen LogP contribution in [0.25, 0.3) is 27.5 Å². The van der Waals surface area contributed by atoms with Crippen LogP contribution in [0, 0.1) is 0 Å². The molecular formula is C29H25ClF2N6O2S. The Labute approximate surface area is 243 Å². The maximum Gasteiger partial charge on any atom is 0.387 e. The summed E-state index contributed by atoms with van der Waals surface area (Å²) in [6.07, 6.45) is 5.14. The molecule has 1 aliphatic heterocycles. The number of fused-ring (bicyclic) bond motifs is 1. The molecule has 0 spiro atoms. The fourth-order valence-electron chi connectivity index (χ4n) is 4.76. The minimum Gasteiger partial charge on any atom is -0.434 e. The number of thiazole rings is 1. The summed E-state index contributed by atoms with van der Waals surface area (Å²) in [4.78, 5) is 27.1. The van der Waals surface area contributed by atoms with Crippen molar-refractivity contribution in [1.82, 2.24) is 19.3 Å². The molecule has 41 heavy (non-hydrogen) atoms. The Morgan fingerprint density at radius 1 is 1.07 bits per heavy atom. The molecular weight excluding hydrogens is 570 g/mol. The number of rotatable bonds is 7. The van der Waals surface area contributed by atoms with Gasteiger partial charge < -0.3 is 24.3 Å². The molecule has 1 N–H and O–H groups in total. The van der Waals surface area contributed by atoms with Crippen LogP contribution in [0.15, 0.2) is 73.2 Å². The van der Waals surface area contributed by atoms with E-state index in [-0.39, 0.29) is 17.0 Å². The van der Waals surface area contributed by atoms with Crippen LogP contribution in [0.3, 0.4) is 0 Å². The van der Waals surface area contributed by atoms with Crippen LogP contribution >= 0.6 is 22.9 Å². The third-order valence-electron chi connectivity index (χ3n) is 6.91. The highest BCUT2D eigenvalue weighted by Gasteiger charge is 2.23. The van der Waals surface area contributed by atoms with Gasteiger partial charge in [-0.3, -0.25) is 4.79 Å². The van der Waals surface area contributed by atoms with Gasteiger partial charge in [-0.15, -0.1) is 0 Å². The molecule has 210 valence electrons. The van der Waals surface area contributed by atoms with Gasteiger partial charge in [-0.2, -0.15) is 8.78 Å². The predicted octanol–water partition coefficient (Wildman–Crippen LogP) is 6.38. The number of benzene rings is 2. The minimum atomic E-state index is -3.05. The Balaban J connectivity index is 1.38. The number of hydrogen-bond donors (Lipinski definition) is 1. The van der Waals surface area contributed by atoms with E-state index in [1.807, 2.05) is 24.3 Å². The van der Waals surface area contributed by atoms with Gasteiger partial charge in [0.05, 0.1) is 5.56 Å². The van der Waals surface area contributed by atoms with Gasteiger partial charge in [-0.1, -0.05) is 22.9 Å². The quantitative estimate of drug-likeness (QED) is 0.236. The lowest BCUT2D eigenvalue weighted by Crippen LogP contribution is -2.44. The van der Waals surface area contributed by atoms with Crippen LogP contribution < -0.4 is 15.0 Å². The first kappa shape index (κ1) is 27.1. The summed E-state index contributed by atoms with van der Waals surface area (Å²) in [6.45, 7) is 0.829. The van der Waals surface area contributed by atoms with Crippen molar-refractivity contribution in [3.63, 3.8) is 0 Å². The smallest absolute Gasteiger partial charge is 0.387 e. The number of likely N-dealkylation sites (N-methyl/N-ethyl adjacent to an activating group) is 1. The lowest BCUT2D eigenvalue weighted by molar-refractivity contribution is -0.0494. The first-order valence-corrected chi connectivity index (χ1v) is 14.1. The number of ether oxygens (including phenoxy) is 1. The highest BCUT2D eigenvalue weighted by Crippen LogP contribution is 2.43. The first-order valence-electron chi connectivity index (χ1n) is 12.9. The van der Waals surface area contributed by atoms with E-state index in [4.69, 9.17) is 21.3 Å². The number of nitrogens with one attached hydrogen (secondary N) is 1. The number of nitrogens with zero attached hydrogens (tertiary/aromatic N) is 5. The second-order valence-corrected chi connectivity index (χ2v) is 11.0. The molecule has 2 aromatic carbocycles. The van der Waals surface area contributed by atoms with Crippen molar-refractivity contribution in [3.8, 4) is 27.6 Å². The maximum absolute atomic E-state index is 13.4. The van der Waals surface area contributed by atoms with E-state index in [1.54, 1.807) is 35.1 Å². The standard InChI is InChI=1S/C29H25ClF2N6O2S/c1-36-13-15-37(16-14-36)20-6-3-18(4-7-20)27-34-24(22-17-19(30)5-8-23(22)40-29(31)32)28(41-27)35-26(39)21-9-12-38-11-2-10-33-25(21)38/h2-12,17,29H,13-16H2,1H3,(H,35,39). The van der Waals surface area contributed by atoms with E-state index in [0.29, 0.717) is 26.2 Å². The molecule has 0 saturated carbocycles. The van der Waals surface area contributed by atoms with Crippen molar-refractivity contribution in [2.45, 2.75) is 6.61 Å².